The zero-order valence-electron chi connectivity index (χ0n) is 22.3. The minimum atomic E-state index is 0.578. The summed E-state index contributed by atoms with van der Waals surface area (Å²) in [6.07, 6.45) is 5.42. The average Bonchev–Trinajstić information content (AvgIpc) is 2.93. The van der Waals surface area contributed by atoms with Crippen LogP contribution in [0, 0.1) is 6.92 Å². The summed E-state index contributed by atoms with van der Waals surface area (Å²) in [5, 5.41) is 5.04. The Balaban J connectivity index is 0.000000815. The van der Waals surface area contributed by atoms with Crippen LogP contribution < -0.4 is 14.8 Å². The summed E-state index contributed by atoms with van der Waals surface area (Å²) in [6, 6.07) is 15.6. The molecule has 0 atom stereocenters. The number of benzene rings is 2. The Bertz CT molecular complexity index is 1040. The number of aromatic nitrogens is 1. The maximum absolute atomic E-state index is 5.70. The maximum Gasteiger partial charge on any atom is 0.161 e. The number of hydrogen-bond donors (Lipinski definition) is 1. The van der Waals surface area contributed by atoms with Crippen LogP contribution in [-0.2, 0) is 13.0 Å². The Morgan fingerprint density at radius 1 is 0.943 bits per heavy atom. The number of ether oxygens (including phenoxy) is 2. The molecule has 1 N–H and O–H groups in total. The minimum Gasteiger partial charge on any atom is -0.486 e. The van der Waals surface area contributed by atoms with E-state index in [0.717, 1.165) is 49.6 Å². The number of hydrogen-bond acceptors (Lipinski definition) is 5. The van der Waals surface area contributed by atoms with E-state index in [9.17, 15) is 0 Å². The fourth-order valence-electron chi connectivity index (χ4n) is 4.63. The van der Waals surface area contributed by atoms with Crippen molar-refractivity contribution in [1.29, 1.82) is 0 Å². The molecule has 0 aliphatic carbocycles. The molecule has 5 heteroatoms. The van der Waals surface area contributed by atoms with E-state index < -0.39 is 0 Å². The van der Waals surface area contributed by atoms with E-state index in [-0.39, 0.29) is 0 Å². The fourth-order valence-corrected chi connectivity index (χ4v) is 4.63. The smallest absolute Gasteiger partial charge is 0.161 e. The van der Waals surface area contributed by atoms with Gasteiger partial charge in [-0.15, -0.1) is 0 Å². The van der Waals surface area contributed by atoms with E-state index in [4.69, 9.17) is 9.47 Å². The van der Waals surface area contributed by atoms with Crippen molar-refractivity contribution in [2.45, 2.75) is 66.5 Å². The molecule has 35 heavy (non-hydrogen) atoms. The van der Waals surface area contributed by atoms with Crippen molar-refractivity contribution in [2.24, 2.45) is 0 Å². The average molecular weight is 478 g/mol. The molecule has 0 saturated carbocycles. The van der Waals surface area contributed by atoms with Crippen molar-refractivity contribution in [3.8, 4) is 11.5 Å². The predicted octanol–water partition coefficient (Wildman–Crippen LogP) is 6.16. The molecule has 2 aromatic carbocycles. The van der Waals surface area contributed by atoms with Gasteiger partial charge in [0.25, 0.3) is 0 Å². The van der Waals surface area contributed by atoms with Crippen LogP contribution >= 0.6 is 0 Å². The Hall–Kier alpha value is -2.63. The number of nitrogens with one attached hydrogen (secondary N) is 1. The molecule has 1 aromatic heterocycles. The zero-order chi connectivity index (χ0) is 25.0. The minimum absolute atomic E-state index is 0.578. The summed E-state index contributed by atoms with van der Waals surface area (Å²) in [6.45, 7) is 15.7. The highest BCUT2D eigenvalue weighted by Gasteiger charge is 2.19. The Morgan fingerprint density at radius 3 is 2.46 bits per heavy atom. The largest absolute Gasteiger partial charge is 0.486 e. The van der Waals surface area contributed by atoms with Crippen molar-refractivity contribution in [1.82, 2.24) is 15.2 Å². The summed E-state index contributed by atoms with van der Waals surface area (Å²) < 4.78 is 11.3. The predicted molar refractivity (Wildman–Crippen MR) is 147 cm³/mol. The van der Waals surface area contributed by atoms with Crippen molar-refractivity contribution < 1.29 is 9.47 Å². The first-order chi connectivity index (χ1) is 17.2. The summed E-state index contributed by atoms with van der Waals surface area (Å²) in [5.41, 5.74) is 4.99. The molecule has 190 valence electrons. The third kappa shape index (κ3) is 7.42. The lowest BCUT2D eigenvalue weighted by molar-refractivity contribution is 0.171. The van der Waals surface area contributed by atoms with Crippen LogP contribution in [0.3, 0.4) is 0 Å². The van der Waals surface area contributed by atoms with Gasteiger partial charge in [-0.05, 0) is 80.2 Å². The Morgan fingerprint density at radius 2 is 1.69 bits per heavy atom. The number of pyridine rings is 1. The SMILES string of the molecule is CC.CC.Cc1cnc2cccc(CCN3CCC(NCc4ccc5c(c4)OCCO5)CC3)c2c1. The fraction of sp³-hybridized carbons (Fsp3) is 0.500. The van der Waals surface area contributed by atoms with Gasteiger partial charge in [0.15, 0.2) is 11.5 Å². The highest BCUT2D eigenvalue weighted by Crippen LogP contribution is 2.30. The molecule has 1 fully saturated rings. The molecule has 5 nitrogen and oxygen atoms in total. The van der Waals surface area contributed by atoms with Crippen LogP contribution in [-0.4, -0.2) is 48.8 Å². The molecule has 5 rings (SSSR count). The normalized spacial score (nSPS) is 15.6. The lowest BCUT2D eigenvalue weighted by Gasteiger charge is -2.32. The van der Waals surface area contributed by atoms with Gasteiger partial charge in [0.2, 0.25) is 0 Å². The van der Waals surface area contributed by atoms with Gasteiger partial charge in [0, 0.05) is 30.7 Å². The summed E-state index contributed by atoms with van der Waals surface area (Å²) in [4.78, 5) is 7.18. The first kappa shape index (κ1) is 27.0. The van der Waals surface area contributed by atoms with Crippen molar-refractivity contribution in [3.63, 3.8) is 0 Å². The van der Waals surface area contributed by atoms with Gasteiger partial charge in [-0.25, -0.2) is 0 Å². The standard InChI is InChI=1S/C26H31N3O2.2C2H6/c1-19-15-23-21(3-2-4-24(23)28-17-19)7-10-29-11-8-22(9-12-29)27-18-20-5-6-25-26(16-20)31-14-13-30-25;2*1-2/h2-6,15-17,22,27H,7-14,18H2,1H3;2*1-2H3. The molecule has 3 aromatic rings. The zero-order valence-corrected chi connectivity index (χ0v) is 22.3. The van der Waals surface area contributed by atoms with Gasteiger partial charge in [-0.2, -0.15) is 0 Å². The first-order valence-electron chi connectivity index (χ1n) is 13.4. The number of fused-ring (bicyclic) bond motifs is 2. The van der Waals surface area contributed by atoms with E-state index in [1.54, 1.807) is 0 Å². The van der Waals surface area contributed by atoms with Crippen LogP contribution in [0.2, 0.25) is 0 Å². The number of likely N-dealkylation sites (tertiary alicyclic amines) is 1. The molecule has 0 radical (unpaired) electrons. The lowest BCUT2D eigenvalue weighted by Crippen LogP contribution is -2.42. The molecule has 0 amide bonds. The molecule has 1 saturated heterocycles. The maximum atomic E-state index is 5.70. The molecule has 3 heterocycles. The van der Waals surface area contributed by atoms with Crippen molar-refractivity contribution in [3.05, 3.63) is 65.4 Å². The topological polar surface area (TPSA) is 46.6 Å². The molecule has 2 aliphatic heterocycles. The first-order valence-corrected chi connectivity index (χ1v) is 13.4. The summed E-state index contributed by atoms with van der Waals surface area (Å²) in [5.74, 6) is 1.74. The van der Waals surface area contributed by atoms with Crippen LogP contribution in [0.4, 0.5) is 0 Å². The van der Waals surface area contributed by atoms with E-state index in [0.29, 0.717) is 19.3 Å². The van der Waals surface area contributed by atoms with Crippen LogP contribution in [0.1, 0.15) is 57.2 Å². The summed E-state index contributed by atoms with van der Waals surface area (Å²) in [7, 11) is 0. The number of piperidine rings is 1. The van der Waals surface area contributed by atoms with Crippen LogP contribution in [0.5, 0.6) is 11.5 Å². The van der Waals surface area contributed by atoms with Gasteiger partial charge in [-0.3, -0.25) is 4.98 Å². The molecular weight excluding hydrogens is 434 g/mol. The van der Waals surface area contributed by atoms with Crippen LogP contribution in [0.25, 0.3) is 10.9 Å². The van der Waals surface area contributed by atoms with E-state index in [1.165, 1.54) is 34.9 Å². The van der Waals surface area contributed by atoms with Gasteiger partial charge in [0.05, 0.1) is 5.52 Å². The van der Waals surface area contributed by atoms with Gasteiger partial charge in [-0.1, -0.05) is 45.9 Å². The Kier molecular flexibility index (Phi) is 10.8. The Labute approximate surface area is 211 Å². The summed E-state index contributed by atoms with van der Waals surface area (Å²) >= 11 is 0. The molecule has 2 aliphatic rings. The van der Waals surface area contributed by atoms with Crippen molar-refractivity contribution >= 4 is 10.9 Å². The van der Waals surface area contributed by atoms with Gasteiger partial charge < -0.3 is 19.7 Å². The number of rotatable bonds is 6. The molecular formula is C30H43N3O2. The second-order valence-electron chi connectivity index (χ2n) is 8.72. The molecule has 0 unspecified atom stereocenters. The second kappa shape index (κ2) is 14.1. The van der Waals surface area contributed by atoms with Gasteiger partial charge in [0.1, 0.15) is 13.2 Å². The van der Waals surface area contributed by atoms with Crippen LogP contribution in [0.15, 0.2) is 48.7 Å². The quantitative estimate of drug-likeness (QED) is 0.460. The third-order valence-corrected chi connectivity index (χ3v) is 6.44. The third-order valence-electron chi connectivity index (χ3n) is 6.44. The lowest BCUT2D eigenvalue weighted by atomic mass is 10.0. The number of nitrogens with zero attached hydrogens (tertiary/aromatic N) is 2. The van der Waals surface area contributed by atoms with E-state index >= 15 is 0 Å². The number of aryl methyl sites for hydroxylation is 1. The van der Waals surface area contributed by atoms with E-state index in [1.807, 2.05) is 40.0 Å². The molecule has 0 bridgehead atoms. The second-order valence-corrected chi connectivity index (χ2v) is 8.72. The monoisotopic (exact) mass is 477 g/mol. The highest BCUT2D eigenvalue weighted by molar-refractivity contribution is 5.82. The van der Waals surface area contributed by atoms with Gasteiger partial charge >= 0.3 is 0 Å². The molecule has 0 spiro atoms. The highest BCUT2D eigenvalue weighted by atomic mass is 16.6. The van der Waals surface area contributed by atoms with E-state index in [2.05, 4.69) is 58.5 Å². The van der Waals surface area contributed by atoms with Crippen molar-refractivity contribution in [2.75, 3.05) is 32.8 Å².